The standard InChI is InChI=1S/C16H21NO/c1-11-7-8-15(13(3)9-11)17-10-14-6-4-5-12(2)16(14)18/h7-10,12,17H,4-6H2,1-3H3/b14-10-/t12-/m0/s1. The molecular formula is C16H21NO. The van der Waals surface area contributed by atoms with Crippen LogP contribution in [0.3, 0.4) is 0 Å². The van der Waals surface area contributed by atoms with Crippen molar-refractivity contribution in [3.8, 4) is 0 Å². The molecule has 0 aromatic heterocycles. The SMILES string of the molecule is Cc1ccc(N/C=C2/CCC[C@H](C)C2=O)c(C)c1. The van der Waals surface area contributed by atoms with E-state index in [1.54, 1.807) is 0 Å². The van der Waals surface area contributed by atoms with Crippen LogP contribution >= 0.6 is 0 Å². The maximum Gasteiger partial charge on any atom is 0.163 e. The van der Waals surface area contributed by atoms with Crippen molar-refractivity contribution in [3.05, 3.63) is 41.1 Å². The largest absolute Gasteiger partial charge is 0.361 e. The Morgan fingerprint density at radius 3 is 2.83 bits per heavy atom. The summed E-state index contributed by atoms with van der Waals surface area (Å²) in [6.07, 6.45) is 4.95. The fraction of sp³-hybridized carbons (Fsp3) is 0.438. The molecule has 1 saturated carbocycles. The highest BCUT2D eigenvalue weighted by molar-refractivity contribution is 5.97. The lowest BCUT2D eigenvalue weighted by atomic mass is 9.86. The second-order valence-corrected chi connectivity index (χ2v) is 5.29. The van der Waals surface area contributed by atoms with Crippen molar-refractivity contribution < 1.29 is 4.79 Å². The van der Waals surface area contributed by atoms with Crippen molar-refractivity contribution in [2.75, 3.05) is 5.32 Å². The highest BCUT2D eigenvalue weighted by Gasteiger charge is 2.22. The van der Waals surface area contributed by atoms with E-state index in [4.69, 9.17) is 0 Å². The number of aryl methyl sites for hydroxylation is 2. The molecular weight excluding hydrogens is 222 g/mol. The summed E-state index contributed by atoms with van der Waals surface area (Å²) in [5.41, 5.74) is 4.49. The first kappa shape index (κ1) is 12.9. The Morgan fingerprint density at radius 1 is 1.33 bits per heavy atom. The molecule has 1 aromatic carbocycles. The predicted molar refractivity (Wildman–Crippen MR) is 75.6 cm³/mol. The Hall–Kier alpha value is -1.57. The number of ketones is 1. The number of nitrogens with one attached hydrogen (secondary N) is 1. The summed E-state index contributed by atoms with van der Waals surface area (Å²) in [5, 5.41) is 3.28. The van der Waals surface area contributed by atoms with Crippen LogP contribution in [0.15, 0.2) is 30.0 Å². The van der Waals surface area contributed by atoms with Crippen molar-refractivity contribution >= 4 is 11.5 Å². The van der Waals surface area contributed by atoms with Gasteiger partial charge in [-0.2, -0.15) is 0 Å². The molecule has 1 aliphatic carbocycles. The number of hydrogen-bond acceptors (Lipinski definition) is 2. The van der Waals surface area contributed by atoms with Gasteiger partial charge in [-0.05, 0) is 44.7 Å². The van der Waals surface area contributed by atoms with Crippen LogP contribution < -0.4 is 5.32 Å². The van der Waals surface area contributed by atoms with Crippen molar-refractivity contribution in [2.45, 2.75) is 40.0 Å². The van der Waals surface area contributed by atoms with E-state index in [1.165, 1.54) is 11.1 Å². The number of Topliss-reactive ketones (excluding diaryl/α,β-unsaturated/α-hetero) is 1. The van der Waals surface area contributed by atoms with Crippen molar-refractivity contribution in [2.24, 2.45) is 5.92 Å². The lowest BCUT2D eigenvalue weighted by molar-refractivity contribution is -0.119. The van der Waals surface area contributed by atoms with Gasteiger partial charge in [0.1, 0.15) is 0 Å². The van der Waals surface area contributed by atoms with Crippen LogP contribution in [0.25, 0.3) is 0 Å². The minimum Gasteiger partial charge on any atom is -0.361 e. The molecule has 1 N–H and O–H groups in total. The fourth-order valence-corrected chi connectivity index (χ4v) is 2.45. The molecule has 1 fully saturated rings. The third kappa shape index (κ3) is 2.81. The average Bonchev–Trinajstić information content (AvgIpc) is 2.33. The van der Waals surface area contributed by atoms with Gasteiger partial charge in [0.2, 0.25) is 0 Å². The summed E-state index contributed by atoms with van der Waals surface area (Å²) >= 11 is 0. The lowest BCUT2D eigenvalue weighted by Gasteiger charge is -2.19. The predicted octanol–water partition coefficient (Wildman–Crippen LogP) is 3.99. The second kappa shape index (κ2) is 5.38. The van der Waals surface area contributed by atoms with Gasteiger partial charge < -0.3 is 5.32 Å². The first-order chi connectivity index (χ1) is 8.58. The Labute approximate surface area is 109 Å². The minimum atomic E-state index is 0.186. The van der Waals surface area contributed by atoms with E-state index in [-0.39, 0.29) is 5.92 Å². The van der Waals surface area contributed by atoms with Gasteiger partial charge in [0.25, 0.3) is 0 Å². The molecule has 0 spiro atoms. The molecule has 1 aliphatic rings. The number of carbonyl (C=O) groups excluding carboxylic acids is 1. The van der Waals surface area contributed by atoms with Crippen molar-refractivity contribution in [1.29, 1.82) is 0 Å². The number of benzene rings is 1. The molecule has 1 aromatic rings. The maximum atomic E-state index is 12.0. The molecule has 0 radical (unpaired) electrons. The zero-order chi connectivity index (χ0) is 13.1. The lowest BCUT2D eigenvalue weighted by Crippen LogP contribution is -2.19. The highest BCUT2D eigenvalue weighted by atomic mass is 16.1. The molecule has 0 unspecified atom stereocenters. The molecule has 0 heterocycles. The van der Waals surface area contributed by atoms with Crippen LogP contribution in [-0.4, -0.2) is 5.78 Å². The molecule has 0 aliphatic heterocycles. The van der Waals surface area contributed by atoms with E-state index >= 15 is 0 Å². The van der Waals surface area contributed by atoms with E-state index < -0.39 is 0 Å². The first-order valence-electron chi connectivity index (χ1n) is 6.65. The molecule has 96 valence electrons. The van der Waals surface area contributed by atoms with Gasteiger partial charge in [0.05, 0.1) is 0 Å². The Kier molecular flexibility index (Phi) is 3.85. The van der Waals surface area contributed by atoms with Crippen LogP contribution in [0.2, 0.25) is 0 Å². The Balaban J connectivity index is 2.12. The summed E-state index contributed by atoms with van der Waals surface area (Å²) in [6.45, 7) is 6.19. The summed E-state index contributed by atoms with van der Waals surface area (Å²) < 4.78 is 0. The van der Waals surface area contributed by atoms with E-state index in [0.29, 0.717) is 5.78 Å². The van der Waals surface area contributed by atoms with Gasteiger partial charge in [0.15, 0.2) is 5.78 Å². The molecule has 2 heteroatoms. The summed E-state index contributed by atoms with van der Waals surface area (Å²) in [5.74, 6) is 0.490. The van der Waals surface area contributed by atoms with Crippen LogP contribution in [0.1, 0.15) is 37.3 Å². The fourth-order valence-electron chi connectivity index (χ4n) is 2.45. The quantitative estimate of drug-likeness (QED) is 0.796. The van der Waals surface area contributed by atoms with Crippen LogP contribution in [-0.2, 0) is 4.79 Å². The van der Waals surface area contributed by atoms with Gasteiger partial charge in [0, 0.05) is 23.4 Å². The van der Waals surface area contributed by atoms with Gasteiger partial charge in [-0.1, -0.05) is 24.6 Å². The van der Waals surface area contributed by atoms with Crippen LogP contribution in [0.5, 0.6) is 0 Å². The van der Waals surface area contributed by atoms with E-state index in [1.807, 2.05) is 13.1 Å². The van der Waals surface area contributed by atoms with Crippen molar-refractivity contribution in [1.82, 2.24) is 0 Å². The van der Waals surface area contributed by atoms with Crippen LogP contribution in [0, 0.1) is 19.8 Å². The summed E-state index contributed by atoms with van der Waals surface area (Å²) in [7, 11) is 0. The molecule has 2 rings (SSSR count). The van der Waals surface area contributed by atoms with Gasteiger partial charge in [-0.15, -0.1) is 0 Å². The van der Waals surface area contributed by atoms with Gasteiger partial charge in [-0.25, -0.2) is 0 Å². The smallest absolute Gasteiger partial charge is 0.163 e. The van der Waals surface area contributed by atoms with Crippen LogP contribution in [0.4, 0.5) is 5.69 Å². The van der Waals surface area contributed by atoms with Gasteiger partial charge in [-0.3, -0.25) is 4.79 Å². The third-order valence-electron chi connectivity index (χ3n) is 3.63. The molecule has 0 bridgehead atoms. The maximum absolute atomic E-state index is 12.0. The zero-order valence-corrected chi connectivity index (χ0v) is 11.4. The topological polar surface area (TPSA) is 29.1 Å². The number of allylic oxidation sites excluding steroid dienone is 1. The van der Waals surface area contributed by atoms with Crippen molar-refractivity contribution in [3.63, 3.8) is 0 Å². The highest BCUT2D eigenvalue weighted by Crippen LogP contribution is 2.25. The second-order valence-electron chi connectivity index (χ2n) is 5.29. The molecule has 2 nitrogen and oxygen atoms in total. The third-order valence-corrected chi connectivity index (χ3v) is 3.63. The van der Waals surface area contributed by atoms with Gasteiger partial charge >= 0.3 is 0 Å². The Bertz CT molecular complexity index is 488. The normalized spacial score (nSPS) is 22.3. The summed E-state index contributed by atoms with van der Waals surface area (Å²) in [4.78, 5) is 12.0. The Morgan fingerprint density at radius 2 is 2.11 bits per heavy atom. The van der Waals surface area contributed by atoms with E-state index in [9.17, 15) is 4.79 Å². The minimum absolute atomic E-state index is 0.186. The number of carbonyl (C=O) groups is 1. The first-order valence-corrected chi connectivity index (χ1v) is 6.65. The molecule has 0 saturated heterocycles. The number of hydrogen-bond donors (Lipinski definition) is 1. The number of rotatable bonds is 2. The zero-order valence-electron chi connectivity index (χ0n) is 11.4. The average molecular weight is 243 g/mol. The molecule has 0 amide bonds. The molecule has 18 heavy (non-hydrogen) atoms. The summed E-state index contributed by atoms with van der Waals surface area (Å²) in [6, 6.07) is 6.30. The number of anilines is 1. The van der Waals surface area contributed by atoms with E-state index in [2.05, 4.69) is 37.4 Å². The molecule has 1 atom stereocenters. The van der Waals surface area contributed by atoms with E-state index in [0.717, 1.165) is 30.5 Å². The monoisotopic (exact) mass is 243 g/mol.